The summed E-state index contributed by atoms with van der Waals surface area (Å²) >= 11 is 0. The van der Waals surface area contributed by atoms with Crippen LogP contribution >= 0.6 is 0 Å². The highest BCUT2D eigenvalue weighted by molar-refractivity contribution is 5.78. The number of carbonyl (C=O) groups excluding carboxylic acids is 1. The Morgan fingerprint density at radius 3 is 2.52 bits per heavy atom. The van der Waals surface area contributed by atoms with Gasteiger partial charge in [-0.3, -0.25) is 4.79 Å². The van der Waals surface area contributed by atoms with Crippen LogP contribution in [0.15, 0.2) is 66.9 Å². The summed E-state index contributed by atoms with van der Waals surface area (Å²) in [6.45, 7) is 6.93. The highest BCUT2D eigenvalue weighted by atomic mass is 16.2. The summed E-state index contributed by atoms with van der Waals surface area (Å²) in [5.41, 5.74) is 5.87. The predicted molar refractivity (Wildman–Crippen MR) is 109 cm³/mol. The third-order valence-corrected chi connectivity index (χ3v) is 5.26. The highest BCUT2D eigenvalue weighted by Crippen LogP contribution is 2.37. The molecule has 0 fully saturated rings. The lowest BCUT2D eigenvalue weighted by Crippen LogP contribution is -2.35. The van der Waals surface area contributed by atoms with Crippen molar-refractivity contribution in [1.82, 2.24) is 9.47 Å². The number of amides is 1. The fourth-order valence-corrected chi connectivity index (χ4v) is 3.95. The van der Waals surface area contributed by atoms with Crippen LogP contribution in [0.4, 0.5) is 0 Å². The van der Waals surface area contributed by atoms with E-state index in [4.69, 9.17) is 0 Å². The van der Waals surface area contributed by atoms with Crippen molar-refractivity contribution < 1.29 is 4.79 Å². The number of benzene rings is 2. The molecule has 0 saturated carbocycles. The monoisotopic (exact) mass is 358 g/mol. The van der Waals surface area contributed by atoms with Crippen LogP contribution in [0, 0.1) is 12.8 Å². The molecule has 3 aromatic rings. The van der Waals surface area contributed by atoms with E-state index in [2.05, 4.69) is 97.1 Å². The Bertz CT molecular complexity index is 953. The second-order valence-corrected chi connectivity index (χ2v) is 7.86. The van der Waals surface area contributed by atoms with Gasteiger partial charge in [-0.25, -0.2) is 0 Å². The molecule has 138 valence electrons. The molecule has 3 nitrogen and oxygen atoms in total. The Kier molecular flexibility index (Phi) is 4.61. The zero-order chi connectivity index (χ0) is 19.0. The van der Waals surface area contributed by atoms with E-state index in [1.165, 1.54) is 11.1 Å². The topological polar surface area (TPSA) is 25.2 Å². The standard InChI is InChI=1S/C24H26N2O/c1-17(2)15-23(27)26-16-20-7-4-5-8-21(20)25-14-6-9-22(25)24(26)19-12-10-18(3)11-13-19/h4-14,17,24H,15-16H2,1-3H3/t24-/m1/s1. The van der Waals surface area contributed by atoms with Gasteiger partial charge in [-0.1, -0.05) is 61.9 Å². The van der Waals surface area contributed by atoms with Crippen LogP contribution in [-0.4, -0.2) is 15.4 Å². The van der Waals surface area contributed by atoms with Gasteiger partial charge in [0.25, 0.3) is 0 Å². The molecule has 27 heavy (non-hydrogen) atoms. The van der Waals surface area contributed by atoms with Gasteiger partial charge in [0.2, 0.25) is 5.91 Å². The Morgan fingerprint density at radius 2 is 1.78 bits per heavy atom. The van der Waals surface area contributed by atoms with E-state index in [1.807, 2.05) is 0 Å². The Labute approximate surface area is 161 Å². The zero-order valence-corrected chi connectivity index (χ0v) is 16.2. The average molecular weight is 358 g/mol. The summed E-state index contributed by atoms with van der Waals surface area (Å²) in [5, 5.41) is 0. The van der Waals surface area contributed by atoms with Crippen LogP contribution in [0.1, 0.15) is 48.7 Å². The molecule has 0 radical (unpaired) electrons. The summed E-state index contributed by atoms with van der Waals surface area (Å²) in [4.78, 5) is 15.3. The molecule has 0 bridgehead atoms. The molecule has 3 heteroatoms. The van der Waals surface area contributed by atoms with Crippen LogP contribution in [0.25, 0.3) is 5.69 Å². The van der Waals surface area contributed by atoms with Gasteiger partial charge in [0.1, 0.15) is 0 Å². The molecule has 0 aliphatic carbocycles. The largest absolute Gasteiger partial charge is 0.326 e. The number of hydrogen-bond acceptors (Lipinski definition) is 1. The zero-order valence-electron chi connectivity index (χ0n) is 16.2. The summed E-state index contributed by atoms with van der Waals surface area (Å²) in [6, 6.07) is 21.1. The smallest absolute Gasteiger partial charge is 0.223 e. The van der Waals surface area contributed by atoms with Gasteiger partial charge in [-0.05, 0) is 42.2 Å². The third kappa shape index (κ3) is 3.30. The number of para-hydroxylation sites is 1. The maximum absolute atomic E-state index is 13.3. The van der Waals surface area contributed by atoms with Crippen molar-refractivity contribution in [3.8, 4) is 5.69 Å². The Morgan fingerprint density at radius 1 is 1.04 bits per heavy atom. The maximum atomic E-state index is 13.3. The van der Waals surface area contributed by atoms with E-state index in [-0.39, 0.29) is 11.9 Å². The van der Waals surface area contributed by atoms with Gasteiger partial charge in [0.15, 0.2) is 0 Å². The van der Waals surface area contributed by atoms with Gasteiger partial charge in [0.05, 0.1) is 11.7 Å². The molecule has 2 heterocycles. The van der Waals surface area contributed by atoms with E-state index in [1.54, 1.807) is 0 Å². The molecule has 1 atom stereocenters. The summed E-state index contributed by atoms with van der Waals surface area (Å²) in [7, 11) is 0. The summed E-state index contributed by atoms with van der Waals surface area (Å²) in [5.74, 6) is 0.543. The lowest BCUT2D eigenvalue weighted by Gasteiger charge is -2.31. The predicted octanol–water partition coefficient (Wildman–Crippen LogP) is 5.26. The first kappa shape index (κ1) is 17.6. The van der Waals surface area contributed by atoms with E-state index in [0.29, 0.717) is 18.9 Å². The second kappa shape index (κ2) is 7.07. The van der Waals surface area contributed by atoms with E-state index >= 15 is 0 Å². The molecule has 1 amide bonds. The number of fused-ring (bicyclic) bond motifs is 3. The SMILES string of the molecule is Cc1ccc([C@@H]2c3cccn3-c3ccccc3CN2C(=O)CC(C)C)cc1. The number of hydrogen-bond donors (Lipinski definition) is 0. The third-order valence-electron chi connectivity index (χ3n) is 5.26. The first-order valence-electron chi connectivity index (χ1n) is 9.66. The lowest BCUT2D eigenvalue weighted by molar-refractivity contribution is -0.134. The number of aromatic nitrogens is 1. The minimum atomic E-state index is -0.0840. The molecular formula is C24H26N2O. The number of rotatable bonds is 3. The fourth-order valence-electron chi connectivity index (χ4n) is 3.95. The van der Waals surface area contributed by atoms with Crippen molar-refractivity contribution >= 4 is 5.91 Å². The van der Waals surface area contributed by atoms with Gasteiger partial charge in [-0.2, -0.15) is 0 Å². The van der Waals surface area contributed by atoms with Crippen molar-refractivity contribution in [2.45, 2.75) is 39.8 Å². The number of carbonyl (C=O) groups is 1. The van der Waals surface area contributed by atoms with Crippen molar-refractivity contribution in [2.75, 3.05) is 0 Å². The van der Waals surface area contributed by atoms with Crippen molar-refractivity contribution in [3.05, 3.63) is 89.2 Å². The summed E-state index contributed by atoms with van der Waals surface area (Å²) < 4.78 is 2.24. The highest BCUT2D eigenvalue weighted by Gasteiger charge is 2.32. The van der Waals surface area contributed by atoms with E-state index < -0.39 is 0 Å². The van der Waals surface area contributed by atoms with Gasteiger partial charge >= 0.3 is 0 Å². The average Bonchev–Trinajstić information content (AvgIpc) is 3.06. The van der Waals surface area contributed by atoms with Crippen molar-refractivity contribution in [3.63, 3.8) is 0 Å². The van der Waals surface area contributed by atoms with Crippen LogP contribution in [0.2, 0.25) is 0 Å². The molecule has 4 rings (SSSR count). The van der Waals surface area contributed by atoms with Crippen molar-refractivity contribution in [2.24, 2.45) is 5.92 Å². The van der Waals surface area contributed by atoms with E-state index in [9.17, 15) is 4.79 Å². The molecule has 1 aliphatic rings. The number of aryl methyl sites for hydroxylation is 1. The van der Waals surface area contributed by atoms with Gasteiger partial charge in [-0.15, -0.1) is 0 Å². The lowest BCUT2D eigenvalue weighted by atomic mass is 9.99. The number of nitrogens with zero attached hydrogens (tertiary/aromatic N) is 2. The van der Waals surface area contributed by atoms with Crippen molar-refractivity contribution in [1.29, 1.82) is 0 Å². The van der Waals surface area contributed by atoms with Gasteiger partial charge < -0.3 is 9.47 Å². The molecule has 0 N–H and O–H groups in total. The minimum Gasteiger partial charge on any atom is -0.326 e. The normalized spacial score (nSPS) is 16.0. The van der Waals surface area contributed by atoms with Crippen LogP contribution in [0.5, 0.6) is 0 Å². The quantitative estimate of drug-likeness (QED) is 0.627. The minimum absolute atomic E-state index is 0.0840. The van der Waals surface area contributed by atoms with E-state index in [0.717, 1.165) is 16.9 Å². The molecule has 1 aliphatic heterocycles. The molecule has 1 aromatic heterocycles. The van der Waals surface area contributed by atoms with Crippen LogP contribution < -0.4 is 0 Å². The summed E-state index contributed by atoms with van der Waals surface area (Å²) in [6.07, 6.45) is 2.66. The fraction of sp³-hybridized carbons (Fsp3) is 0.292. The molecule has 0 saturated heterocycles. The molecule has 2 aromatic carbocycles. The Hall–Kier alpha value is -2.81. The van der Waals surface area contributed by atoms with Gasteiger partial charge in [0, 0.05) is 24.9 Å². The van der Waals surface area contributed by atoms with Crippen LogP contribution in [0.3, 0.4) is 0 Å². The first-order valence-corrected chi connectivity index (χ1v) is 9.66. The Balaban J connectivity index is 1.89. The molecular weight excluding hydrogens is 332 g/mol. The molecule has 0 unspecified atom stereocenters. The second-order valence-electron chi connectivity index (χ2n) is 7.86. The molecule has 0 spiro atoms. The first-order chi connectivity index (χ1) is 13.0. The maximum Gasteiger partial charge on any atom is 0.223 e. The van der Waals surface area contributed by atoms with Crippen LogP contribution in [-0.2, 0) is 11.3 Å².